The molecule has 0 bridgehead atoms. The number of nitrogens with zero attached hydrogens (tertiary/aromatic N) is 1. The van der Waals surface area contributed by atoms with Gasteiger partial charge in [0.2, 0.25) is 0 Å². The Hall–Kier alpha value is -0.170. The minimum atomic E-state index is -3.24. The lowest BCUT2D eigenvalue weighted by atomic mass is 9.77. The van der Waals surface area contributed by atoms with Crippen molar-refractivity contribution in [1.29, 1.82) is 0 Å². The standard InChI is InChI=1S/C11H21N3O2S/c12-10-8-11(10)6-9(7-11)13-17(15,16)14-4-2-1-3-5-14/h9-10,13H,1-8,12H2. The molecule has 1 saturated heterocycles. The zero-order chi connectivity index (χ0) is 12.1. The second-order valence-electron chi connectivity index (χ2n) is 5.86. The lowest BCUT2D eigenvalue weighted by Crippen LogP contribution is -2.52. The third kappa shape index (κ3) is 2.12. The molecule has 5 nitrogen and oxygen atoms in total. The van der Waals surface area contributed by atoms with Crippen molar-refractivity contribution < 1.29 is 8.42 Å². The molecule has 0 aromatic rings. The van der Waals surface area contributed by atoms with Gasteiger partial charge in [-0.3, -0.25) is 0 Å². The van der Waals surface area contributed by atoms with Crippen LogP contribution in [0.3, 0.4) is 0 Å². The molecule has 0 aromatic carbocycles. The quantitative estimate of drug-likeness (QED) is 0.759. The first-order valence-corrected chi connectivity index (χ1v) is 7.99. The molecule has 1 aliphatic heterocycles. The van der Waals surface area contributed by atoms with Gasteiger partial charge in [0, 0.05) is 25.2 Å². The predicted octanol–water partition coefficient (Wildman–Crippen LogP) is 0.186. The molecule has 1 spiro atoms. The molecule has 0 amide bonds. The van der Waals surface area contributed by atoms with Crippen molar-refractivity contribution in [3.8, 4) is 0 Å². The van der Waals surface area contributed by atoms with Crippen molar-refractivity contribution in [3.63, 3.8) is 0 Å². The fourth-order valence-corrected chi connectivity index (χ4v) is 4.72. The number of rotatable bonds is 3. The molecule has 0 radical (unpaired) electrons. The van der Waals surface area contributed by atoms with Crippen molar-refractivity contribution in [2.45, 2.75) is 50.6 Å². The van der Waals surface area contributed by atoms with Crippen LogP contribution < -0.4 is 10.5 Å². The largest absolute Gasteiger partial charge is 0.327 e. The first-order valence-electron chi connectivity index (χ1n) is 6.55. The van der Waals surface area contributed by atoms with E-state index in [1.54, 1.807) is 4.31 Å². The van der Waals surface area contributed by atoms with Gasteiger partial charge in [0.05, 0.1) is 0 Å². The first-order chi connectivity index (χ1) is 8.02. The smallest absolute Gasteiger partial charge is 0.279 e. The Morgan fingerprint density at radius 2 is 1.71 bits per heavy atom. The van der Waals surface area contributed by atoms with E-state index in [0.717, 1.165) is 38.5 Å². The molecule has 1 unspecified atom stereocenters. The summed E-state index contributed by atoms with van der Waals surface area (Å²) in [5.74, 6) is 0. The van der Waals surface area contributed by atoms with Crippen molar-refractivity contribution in [2.24, 2.45) is 11.1 Å². The molecule has 0 aromatic heterocycles. The van der Waals surface area contributed by atoms with Gasteiger partial charge in [0.15, 0.2) is 0 Å². The number of nitrogens with two attached hydrogens (primary N) is 1. The summed E-state index contributed by atoms with van der Waals surface area (Å²) in [6, 6.07) is 0.439. The topological polar surface area (TPSA) is 75.4 Å². The number of piperidine rings is 1. The Bertz CT molecular complexity index is 397. The van der Waals surface area contributed by atoms with Crippen molar-refractivity contribution >= 4 is 10.2 Å². The minimum absolute atomic E-state index is 0.121. The van der Waals surface area contributed by atoms with Crippen LogP contribution in [-0.4, -0.2) is 37.9 Å². The SMILES string of the molecule is NC1CC12CC(NS(=O)(=O)N1CCCCC1)C2. The van der Waals surface area contributed by atoms with Crippen LogP contribution in [-0.2, 0) is 10.2 Å². The molecule has 3 aliphatic rings. The molecule has 98 valence electrons. The van der Waals surface area contributed by atoms with Crippen LogP contribution in [0.5, 0.6) is 0 Å². The molecule has 2 aliphatic carbocycles. The predicted molar refractivity (Wildman–Crippen MR) is 65.5 cm³/mol. The lowest BCUT2D eigenvalue weighted by Gasteiger charge is -2.38. The van der Waals surface area contributed by atoms with Gasteiger partial charge >= 0.3 is 0 Å². The van der Waals surface area contributed by atoms with E-state index in [-0.39, 0.29) is 6.04 Å². The third-order valence-electron chi connectivity index (χ3n) is 4.53. The number of nitrogens with one attached hydrogen (secondary N) is 1. The van der Waals surface area contributed by atoms with Crippen LogP contribution >= 0.6 is 0 Å². The summed E-state index contributed by atoms with van der Waals surface area (Å²) in [5.41, 5.74) is 6.14. The summed E-state index contributed by atoms with van der Waals surface area (Å²) in [4.78, 5) is 0. The Morgan fingerprint density at radius 1 is 1.12 bits per heavy atom. The van der Waals surface area contributed by atoms with Crippen LogP contribution in [0.15, 0.2) is 0 Å². The highest BCUT2D eigenvalue weighted by Crippen LogP contribution is 2.59. The maximum atomic E-state index is 12.1. The third-order valence-corrected chi connectivity index (χ3v) is 6.21. The fraction of sp³-hybridized carbons (Fsp3) is 1.00. The molecule has 17 heavy (non-hydrogen) atoms. The monoisotopic (exact) mass is 259 g/mol. The Labute approximate surface area is 103 Å². The van der Waals surface area contributed by atoms with E-state index in [1.165, 1.54) is 0 Å². The maximum Gasteiger partial charge on any atom is 0.279 e. The second-order valence-corrected chi connectivity index (χ2v) is 7.56. The summed E-state index contributed by atoms with van der Waals surface area (Å²) in [5, 5.41) is 0. The molecule has 2 saturated carbocycles. The van der Waals surface area contributed by atoms with Crippen LogP contribution in [0.1, 0.15) is 38.5 Å². The highest BCUT2D eigenvalue weighted by Gasteiger charge is 2.60. The van der Waals surface area contributed by atoms with E-state index in [1.807, 2.05) is 0 Å². The van der Waals surface area contributed by atoms with Crippen molar-refractivity contribution in [3.05, 3.63) is 0 Å². The summed E-state index contributed by atoms with van der Waals surface area (Å²) < 4.78 is 28.6. The van der Waals surface area contributed by atoms with Crippen LogP contribution in [0, 0.1) is 5.41 Å². The van der Waals surface area contributed by atoms with Gasteiger partial charge in [0.1, 0.15) is 0 Å². The highest BCUT2D eigenvalue weighted by molar-refractivity contribution is 7.87. The number of hydrogen-bond acceptors (Lipinski definition) is 3. The zero-order valence-corrected chi connectivity index (χ0v) is 10.9. The zero-order valence-electron chi connectivity index (χ0n) is 10.1. The van der Waals surface area contributed by atoms with Gasteiger partial charge in [-0.2, -0.15) is 17.4 Å². The van der Waals surface area contributed by atoms with E-state index in [9.17, 15) is 8.42 Å². The molecule has 3 N–H and O–H groups in total. The van der Waals surface area contributed by atoms with E-state index >= 15 is 0 Å². The summed E-state index contributed by atoms with van der Waals surface area (Å²) in [6.45, 7) is 1.35. The van der Waals surface area contributed by atoms with E-state index < -0.39 is 10.2 Å². The van der Waals surface area contributed by atoms with Gasteiger partial charge in [-0.05, 0) is 37.5 Å². The summed E-state index contributed by atoms with van der Waals surface area (Å²) in [6.07, 6.45) is 6.06. The molecule has 1 heterocycles. The Balaban J connectivity index is 1.54. The summed E-state index contributed by atoms with van der Waals surface area (Å²) >= 11 is 0. The van der Waals surface area contributed by atoms with Crippen molar-refractivity contribution in [1.82, 2.24) is 9.03 Å². The average Bonchev–Trinajstić information content (AvgIpc) is 2.90. The van der Waals surface area contributed by atoms with E-state index in [2.05, 4.69) is 4.72 Å². The van der Waals surface area contributed by atoms with Crippen LogP contribution in [0.25, 0.3) is 0 Å². The molecule has 3 rings (SSSR count). The molecule has 6 heteroatoms. The molecular formula is C11H21N3O2S. The molecular weight excluding hydrogens is 238 g/mol. The van der Waals surface area contributed by atoms with Crippen LogP contribution in [0.4, 0.5) is 0 Å². The van der Waals surface area contributed by atoms with Gasteiger partial charge in [-0.1, -0.05) is 6.42 Å². The summed E-state index contributed by atoms with van der Waals surface area (Å²) in [7, 11) is -3.24. The normalized spacial score (nSPS) is 42.4. The number of hydrogen-bond donors (Lipinski definition) is 2. The van der Waals surface area contributed by atoms with Gasteiger partial charge < -0.3 is 5.73 Å². The van der Waals surface area contributed by atoms with Crippen molar-refractivity contribution in [2.75, 3.05) is 13.1 Å². The van der Waals surface area contributed by atoms with E-state index in [4.69, 9.17) is 5.73 Å². The Morgan fingerprint density at radius 3 is 2.24 bits per heavy atom. The fourth-order valence-electron chi connectivity index (χ4n) is 3.24. The first kappa shape index (κ1) is 11.9. The second kappa shape index (κ2) is 3.91. The van der Waals surface area contributed by atoms with E-state index in [0.29, 0.717) is 24.5 Å². The molecule has 1 atom stereocenters. The van der Waals surface area contributed by atoms with Gasteiger partial charge in [-0.25, -0.2) is 0 Å². The average molecular weight is 259 g/mol. The lowest BCUT2D eigenvalue weighted by molar-refractivity contribution is 0.210. The maximum absolute atomic E-state index is 12.1. The Kier molecular flexibility index (Phi) is 2.74. The minimum Gasteiger partial charge on any atom is -0.327 e. The van der Waals surface area contributed by atoms with Crippen LogP contribution in [0.2, 0.25) is 0 Å². The molecule has 3 fully saturated rings. The van der Waals surface area contributed by atoms with Gasteiger partial charge in [0.25, 0.3) is 10.2 Å². The highest BCUT2D eigenvalue weighted by atomic mass is 32.2. The van der Waals surface area contributed by atoms with Gasteiger partial charge in [-0.15, -0.1) is 0 Å².